The summed E-state index contributed by atoms with van der Waals surface area (Å²) in [5.74, 6) is 0.238. The number of hydrogen-bond acceptors (Lipinski definition) is 7. The molecule has 4 rings (SSSR count). The Balaban J connectivity index is 1.48. The summed E-state index contributed by atoms with van der Waals surface area (Å²) in [6.45, 7) is 0. The van der Waals surface area contributed by atoms with Crippen LogP contribution in [0.15, 0.2) is 58.4 Å². The number of rotatable bonds is 5. The minimum Gasteiger partial charge on any atom is -0.325 e. The molecular weight excluding hydrogens is 372 g/mol. The predicted octanol–water partition coefficient (Wildman–Crippen LogP) is 4.55. The maximum atomic E-state index is 12.1. The van der Waals surface area contributed by atoms with E-state index in [9.17, 15) is 4.79 Å². The van der Waals surface area contributed by atoms with Gasteiger partial charge in [-0.05, 0) is 24.3 Å². The largest absolute Gasteiger partial charge is 0.325 e. The summed E-state index contributed by atoms with van der Waals surface area (Å²) >= 11 is 4.45. The summed E-state index contributed by atoms with van der Waals surface area (Å²) in [7, 11) is 0. The third kappa shape index (κ3) is 3.87. The van der Waals surface area contributed by atoms with Crippen LogP contribution in [0.1, 0.15) is 0 Å². The molecule has 0 spiro atoms. The van der Waals surface area contributed by atoms with Gasteiger partial charge in [0.05, 0.1) is 16.0 Å². The number of benzene rings is 2. The number of fused-ring (bicyclic) bond motifs is 1. The molecule has 25 heavy (non-hydrogen) atoms. The zero-order valence-corrected chi connectivity index (χ0v) is 15.3. The number of thioether (sulfide) groups is 1. The molecule has 0 radical (unpaired) electrons. The number of carbonyl (C=O) groups excluding carboxylic acids is 1. The van der Waals surface area contributed by atoms with E-state index >= 15 is 0 Å². The van der Waals surface area contributed by atoms with E-state index in [0.29, 0.717) is 5.75 Å². The topological polar surface area (TPSA) is 67.8 Å². The van der Waals surface area contributed by atoms with E-state index < -0.39 is 0 Å². The van der Waals surface area contributed by atoms with Crippen molar-refractivity contribution in [3.63, 3.8) is 0 Å². The SMILES string of the molecule is O=C(CSc1nncs1)Nc1cccc(-c2nc3ccccc3s2)c1. The Kier molecular flexibility index (Phi) is 4.73. The lowest BCUT2D eigenvalue weighted by Gasteiger charge is -2.05. The first-order valence-electron chi connectivity index (χ1n) is 7.43. The summed E-state index contributed by atoms with van der Waals surface area (Å²) in [6, 6.07) is 15.8. The van der Waals surface area contributed by atoms with Gasteiger partial charge in [0.2, 0.25) is 5.91 Å². The highest BCUT2D eigenvalue weighted by molar-refractivity contribution is 8.01. The number of anilines is 1. The molecule has 124 valence electrons. The van der Waals surface area contributed by atoms with Gasteiger partial charge in [-0.2, -0.15) is 0 Å². The molecule has 5 nitrogen and oxygen atoms in total. The van der Waals surface area contributed by atoms with E-state index in [1.807, 2.05) is 42.5 Å². The van der Waals surface area contributed by atoms with Crippen LogP contribution in [0.2, 0.25) is 0 Å². The Morgan fingerprint density at radius 2 is 2.08 bits per heavy atom. The highest BCUT2D eigenvalue weighted by Crippen LogP contribution is 2.31. The molecule has 8 heteroatoms. The van der Waals surface area contributed by atoms with Crippen molar-refractivity contribution in [2.24, 2.45) is 0 Å². The fraction of sp³-hybridized carbons (Fsp3) is 0.0588. The Morgan fingerprint density at radius 3 is 2.92 bits per heavy atom. The zero-order valence-electron chi connectivity index (χ0n) is 12.9. The molecule has 0 saturated heterocycles. The molecule has 0 unspecified atom stereocenters. The number of nitrogens with one attached hydrogen (secondary N) is 1. The van der Waals surface area contributed by atoms with E-state index in [0.717, 1.165) is 30.8 Å². The molecule has 1 amide bonds. The summed E-state index contributed by atoms with van der Waals surface area (Å²) in [4.78, 5) is 16.8. The molecule has 0 aliphatic heterocycles. The summed E-state index contributed by atoms with van der Waals surface area (Å²) in [5, 5.41) is 11.5. The number of thiazole rings is 1. The van der Waals surface area contributed by atoms with Crippen LogP contribution in [0.4, 0.5) is 5.69 Å². The maximum Gasteiger partial charge on any atom is 0.234 e. The van der Waals surface area contributed by atoms with Crippen LogP contribution in [-0.4, -0.2) is 26.8 Å². The molecule has 2 aromatic heterocycles. The Hall–Kier alpha value is -2.29. The van der Waals surface area contributed by atoms with Crippen LogP contribution >= 0.6 is 34.4 Å². The number of nitrogens with zero attached hydrogens (tertiary/aromatic N) is 3. The molecule has 2 heterocycles. The van der Waals surface area contributed by atoms with Crippen molar-refractivity contribution in [1.82, 2.24) is 15.2 Å². The van der Waals surface area contributed by atoms with E-state index in [1.165, 1.54) is 23.1 Å². The molecule has 1 N–H and O–H groups in total. The lowest BCUT2D eigenvalue weighted by Crippen LogP contribution is -2.13. The average molecular weight is 385 g/mol. The van der Waals surface area contributed by atoms with E-state index in [2.05, 4.69) is 26.6 Å². The summed E-state index contributed by atoms with van der Waals surface area (Å²) in [5.41, 5.74) is 4.41. The van der Waals surface area contributed by atoms with Gasteiger partial charge in [0.15, 0.2) is 4.34 Å². The van der Waals surface area contributed by atoms with E-state index in [4.69, 9.17) is 0 Å². The maximum absolute atomic E-state index is 12.1. The number of para-hydroxylation sites is 1. The molecule has 0 aliphatic carbocycles. The van der Waals surface area contributed by atoms with Crippen molar-refractivity contribution in [3.8, 4) is 10.6 Å². The molecule has 4 aromatic rings. The lowest BCUT2D eigenvalue weighted by atomic mass is 10.2. The van der Waals surface area contributed by atoms with Gasteiger partial charge in [-0.3, -0.25) is 4.79 Å². The fourth-order valence-electron chi connectivity index (χ4n) is 2.28. The first kappa shape index (κ1) is 16.2. The monoisotopic (exact) mass is 384 g/mol. The predicted molar refractivity (Wildman–Crippen MR) is 104 cm³/mol. The number of carbonyl (C=O) groups is 1. The minimum atomic E-state index is -0.0679. The van der Waals surface area contributed by atoms with Crippen LogP contribution in [0.25, 0.3) is 20.8 Å². The number of aromatic nitrogens is 3. The molecular formula is C17H12N4OS3. The second-order valence-corrected chi connectivity index (χ2v) is 8.20. The van der Waals surface area contributed by atoms with Crippen molar-refractivity contribution >= 4 is 56.2 Å². The van der Waals surface area contributed by atoms with Crippen molar-refractivity contribution < 1.29 is 4.79 Å². The zero-order chi connectivity index (χ0) is 17.1. The van der Waals surface area contributed by atoms with Gasteiger partial charge in [0.25, 0.3) is 0 Å². The number of amides is 1. The van der Waals surface area contributed by atoms with Crippen LogP contribution in [-0.2, 0) is 4.79 Å². The van der Waals surface area contributed by atoms with Crippen molar-refractivity contribution in [3.05, 3.63) is 54.0 Å². The third-order valence-electron chi connectivity index (χ3n) is 3.35. The van der Waals surface area contributed by atoms with Gasteiger partial charge in [-0.25, -0.2) is 4.98 Å². The van der Waals surface area contributed by atoms with Crippen LogP contribution in [0.5, 0.6) is 0 Å². The first-order chi connectivity index (χ1) is 12.3. The van der Waals surface area contributed by atoms with Gasteiger partial charge in [0, 0.05) is 11.3 Å². The molecule has 0 fully saturated rings. The van der Waals surface area contributed by atoms with Crippen LogP contribution < -0.4 is 5.32 Å². The fourth-order valence-corrected chi connectivity index (χ4v) is 4.53. The smallest absolute Gasteiger partial charge is 0.234 e. The molecule has 0 bridgehead atoms. The quantitative estimate of drug-likeness (QED) is 0.512. The first-order valence-corrected chi connectivity index (χ1v) is 10.1. The van der Waals surface area contributed by atoms with Gasteiger partial charge in [-0.1, -0.05) is 47.4 Å². The Labute approximate surface area is 156 Å². The molecule has 0 saturated carbocycles. The summed E-state index contributed by atoms with van der Waals surface area (Å²) < 4.78 is 1.94. The Bertz CT molecular complexity index is 981. The minimum absolute atomic E-state index is 0.0679. The normalized spacial score (nSPS) is 10.9. The van der Waals surface area contributed by atoms with Crippen molar-refractivity contribution in [2.45, 2.75) is 4.34 Å². The van der Waals surface area contributed by atoms with Crippen LogP contribution in [0, 0.1) is 0 Å². The third-order valence-corrected chi connectivity index (χ3v) is 6.30. The average Bonchev–Trinajstić information content (AvgIpc) is 3.29. The lowest BCUT2D eigenvalue weighted by molar-refractivity contribution is -0.113. The van der Waals surface area contributed by atoms with Gasteiger partial charge < -0.3 is 5.32 Å². The van der Waals surface area contributed by atoms with Gasteiger partial charge in [-0.15, -0.1) is 21.5 Å². The van der Waals surface area contributed by atoms with E-state index in [1.54, 1.807) is 16.8 Å². The molecule has 0 atom stereocenters. The number of hydrogen-bond donors (Lipinski definition) is 1. The summed E-state index contributed by atoms with van der Waals surface area (Å²) in [6.07, 6.45) is 0. The second kappa shape index (κ2) is 7.30. The standard InChI is InChI=1S/C17H12N4OS3/c22-15(9-23-17-21-18-10-24-17)19-12-5-3-4-11(8-12)16-20-13-6-1-2-7-14(13)25-16/h1-8,10H,9H2,(H,19,22). The van der Waals surface area contributed by atoms with Crippen molar-refractivity contribution in [1.29, 1.82) is 0 Å². The molecule has 2 aromatic carbocycles. The van der Waals surface area contributed by atoms with Crippen molar-refractivity contribution in [2.75, 3.05) is 11.1 Å². The van der Waals surface area contributed by atoms with Crippen LogP contribution in [0.3, 0.4) is 0 Å². The molecule has 0 aliphatic rings. The second-order valence-electron chi connectivity index (χ2n) is 5.11. The Morgan fingerprint density at radius 1 is 1.16 bits per heavy atom. The van der Waals surface area contributed by atoms with Gasteiger partial charge >= 0.3 is 0 Å². The van der Waals surface area contributed by atoms with E-state index in [-0.39, 0.29) is 5.91 Å². The van der Waals surface area contributed by atoms with Gasteiger partial charge in [0.1, 0.15) is 10.5 Å². The highest BCUT2D eigenvalue weighted by Gasteiger charge is 2.09. The highest BCUT2D eigenvalue weighted by atomic mass is 32.2.